The Labute approximate surface area is 146 Å². The SMILES string of the molecule is Cc1ccc2oc(=O)cc(CN3CCN(c4ccccn4)CC3)c2c1. The predicted octanol–water partition coefficient (Wildman–Crippen LogP) is 2.82. The van der Waals surface area contributed by atoms with Crippen LogP contribution in [0.15, 0.2) is 57.9 Å². The molecule has 5 nitrogen and oxygen atoms in total. The molecule has 1 aromatic carbocycles. The van der Waals surface area contributed by atoms with Gasteiger partial charge in [0, 0.05) is 50.4 Å². The Morgan fingerprint density at radius 3 is 2.68 bits per heavy atom. The normalized spacial score (nSPS) is 15.6. The first-order valence-electron chi connectivity index (χ1n) is 8.61. The fourth-order valence-corrected chi connectivity index (χ4v) is 3.39. The van der Waals surface area contributed by atoms with E-state index in [4.69, 9.17) is 4.42 Å². The lowest BCUT2D eigenvalue weighted by molar-refractivity contribution is 0.249. The maximum atomic E-state index is 11.9. The maximum Gasteiger partial charge on any atom is 0.336 e. The molecular formula is C20H21N3O2. The minimum atomic E-state index is -0.279. The molecule has 3 aromatic rings. The van der Waals surface area contributed by atoms with Gasteiger partial charge in [0.2, 0.25) is 0 Å². The first kappa shape index (κ1) is 15.8. The fourth-order valence-electron chi connectivity index (χ4n) is 3.39. The number of aryl methyl sites for hydroxylation is 1. The monoisotopic (exact) mass is 335 g/mol. The maximum absolute atomic E-state index is 11.9. The average Bonchev–Trinajstić information content (AvgIpc) is 2.64. The van der Waals surface area contributed by atoms with Crippen LogP contribution in [0.4, 0.5) is 5.82 Å². The predicted molar refractivity (Wildman–Crippen MR) is 98.9 cm³/mol. The number of piperazine rings is 1. The van der Waals surface area contributed by atoms with Crippen molar-refractivity contribution in [1.82, 2.24) is 9.88 Å². The first-order chi connectivity index (χ1) is 12.2. The third kappa shape index (κ3) is 3.42. The third-order valence-electron chi connectivity index (χ3n) is 4.72. The summed E-state index contributed by atoms with van der Waals surface area (Å²) in [4.78, 5) is 21.0. The van der Waals surface area contributed by atoms with E-state index in [0.29, 0.717) is 5.58 Å². The van der Waals surface area contributed by atoms with E-state index in [2.05, 4.69) is 27.8 Å². The van der Waals surface area contributed by atoms with Crippen LogP contribution in [0.5, 0.6) is 0 Å². The molecule has 1 saturated heterocycles. The van der Waals surface area contributed by atoms with Crippen molar-refractivity contribution in [3.05, 3.63) is 70.2 Å². The molecule has 1 fully saturated rings. The number of pyridine rings is 1. The molecule has 0 atom stereocenters. The zero-order valence-corrected chi connectivity index (χ0v) is 14.3. The van der Waals surface area contributed by atoms with Crippen LogP contribution < -0.4 is 10.5 Å². The third-order valence-corrected chi connectivity index (χ3v) is 4.72. The lowest BCUT2D eigenvalue weighted by atomic mass is 10.1. The number of anilines is 1. The summed E-state index contributed by atoms with van der Waals surface area (Å²) in [6.07, 6.45) is 1.83. The summed E-state index contributed by atoms with van der Waals surface area (Å²) in [5.41, 5.74) is 2.60. The highest BCUT2D eigenvalue weighted by molar-refractivity contribution is 5.80. The topological polar surface area (TPSA) is 49.6 Å². The van der Waals surface area contributed by atoms with Crippen LogP contribution in [0.2, 0.25) is 0 Å². The molecule has 0 N–H and O–H groups in total. The highest BCUT2D eigenvalue weighted by Gasteiger charge is 2.19. The van der Waals surface area contributed by atoms with Crippen molar-refractivity contribution in [3.63, 3.8) is 0 Å². The Morgan fingerprint density at radius 1 is 1.08 bits per heavy atom. The van der Waals surface area contributed by atoms with Crippen molar-refractivity contribution in [2.75, 3.05) is 31.1 Å². The standard InChI is InChI=1S/C20H21N3O2/c1-15-5-6-18-17(12-15)16(13-20(24)25-18)14-22-8-10-23(11-9-22)19-4-2-3-7-21-19/h2-7,12-13H,8-11,14H2,1H3. The van der Waals surface area contributed by atoms with E-state index in [-0.39, 0.29) is 5.63 Å². The molecule has 1 aliphatic rings. The lowest BCUT2D eigenvalue weighted by Gasteiger charge is -2.35. The smallest absolute Gasteiger partial charge is 0.336 e. The summed E-state index contributed by atoms with van der Waals surface area (Å²) in [5, 5.41) is 1.03. The second-order valence-corrected chi connectivity index (χ2v) is 6.54. The van der Waals surface area contributed by atoms with Gasteiger partial charge in [-0.05, 0) is 36.8 Å². The van der Waals surface area contributed by atoms with E-state index >= 15 is 0 Å². The van der Waals surface area contributed by atoms with Gasteiger partial charge < -0.3 is 9.32 Å². The Kier molecular flexibility index (Phi) is 4.24. The van der Waals surface area contributed by atoms with Crippen LogP contribution >= 0.6 is 0 Å². The van der Waals surface area contributed by atoms with Crippen molar-refractivity contribution < 1.29 is 4.42 Å². The Hall–Kier alpha value is -2.66. The molecule has 5 heteroatoms. The quantitative estimate of drug-likeness (QED) is 0.689. The number of benzene rings is 1. The van der Waals surface area contributed by atoms with Crippen LogP contribution in [0.25, 0.3) is 11.0 Å². The van der Waals surface area contributed by atoms with Crippen LogP contribution in [-0.4, -0.2) is 36.1 Å². The molecule has 0 spiro atoms. The number of aromatic nitrogens is 1. The van der Waals surface area contributed by atoms with Gasteiger partial charge in [-0.15, -0.1) is 0 Å². The molecule has 0 aliphatic carbocycles. The molecule has 4 rings (SSSR count). The Bertz CT molecular complexity index is 929. The molecule has 3 heterocycles. The molecule has 2 aromatic heterocycles. The van der Waals surface area contributed by atoms with Crippen LogP contribution in [0.3, 0.4) is 0 Å². The van der Waals surface area contributed by atoms with Crippen molar-refractivity contribution in [3.8, 4) is 0 Å². The first-order valence-corrected chi connectivity index (χ1v) is 8.61. The fraction of sp³-hybridized carbons (Fsp3) is 0.300. The van der Waals surface area contributed by atoms with E-state index in [1.165, 1.54) is 5.56 Å². The van der Waals surface area contributed by atoms with Gasteiger partial charge in [0.1, 0.15) is 11.4 Å². The van der Waals surface area contributed by atoms with Gasteiger partial charge in [-0.1, -0.05) is 17.7 Å². The molecule has 1 aliphatic heterocycles. The van der Waals surface area contributed by atoms with E-state index in [0.717, 1.165) is 49.5 Å². The van der Waals surface area contributed by atoms with Crippen molar-refractivity contribution in [2.45, 2.75) is 13.5 Å². The van der Waals surface area contributed by atoms with Crippen LogP contribution in [0.1, 0.15) is 11.1 Å². The van der Waals surface area contributed by atoms with Gasteiger partial charge in [-0.3, -0.25) is 4.90 Å². The molecular weight excluding hydrogens is 314 g/mol. The molecule has 0 radical (unpaired) electrons. The van der Waals surface area contributed by atoms with Crippen molar-refractivity contribution >= 4 is 16.8 Å². The summed E-state index contributed by atoms with van der Waals surface area (Å²) < 4.78 is 5.33. The molecule has 0 amide bonds. The summed E-state index contributed by atoms with van der Waals surface area (Å²) in [5.74, 6) is 1.03. The van der Waals surface area contributed by atoms with E-state index in [9.17, 15) is 4.79 Å². The number of fused-ring (bicyclic) bond motifs is 1. The van der Waals surface area contributed by atoms with Gasteiger partial charge in [-0.2, -0.15) is 0 Å². The summed E-state index contributed by atoms with van der Waals surface area (Å²) in [6.45, 7) is 6.60. The minimum Gasteiger partial charge on any atom is -0.423 e. The van der Waals surface area contributed by atoms with Gasteiger partial charge in [-0.25, -0.2) is 9.78 Å². The van der Waals surface area contributed by atoms with Crippen LogP contribution in [-0.2, 0) is 6.54 Å². The Morgan fingerprint density at radius 2 is 1.92 bits per heavy atom. The Balaban J connectivity index is 1.51. The molecule has 0 bridgehead atoms. The van der Waals surface area contributed by atoms with E-state index in [1.807, 2.05) is 36.5 Å². The number of rotatable bonds is 3. The van der Waals surface area contributed by atoms with Gasteiger partial charge >= 0.3 is 5.63 Å². The van der Waals surface area contributed by atoms with E-state index in [1.54, 1.807) is 6.07 Å². The summed E-state index contributed by atoms with van der Waals surface area (Å²) >= 11 is 0. The minimum absolute atomic E-state index is 0.279. The summed E-state index contributed by atoms with van der Waals surface area (Å²) in [7, 11) is 0. The molecule has 25 heavy (non-hydrogen) atoms. The zero-order valence-electron chi connectivity index (χ0n) is 14.3. The van der Waals surface area contributed by atoms with E-state index < -0.39 is 0 Å². The highest BCUT2D eigenvalue weighted by atomic mass is 16.4. The average molecular weight is 335 g/mol. The van der Waals surface area contributed by atoms with Gasteiger partial charge in [0.25, 0.3) is 0 Å². The van der Waals surface area contributed by atoms with Crippen molar-refractivity contribution in [2.24, 2.45) is 0 Å². The number of hydrogen-bond acceptors (Lipinski definition) is 5. The second-order valence-electron chi connectivity index (χ2n) is 6.54. The number of hydrogen-bond donors (Lipinski definition) is 0. The largest absolute Gasteiger partial charge is 0.423 e. The molecule has 0 unspecified atom stereocenters. The lowest BCUT2D eigenvalue weighted by Crippen LogP contribution is -2.46. The zero-order chi connectivity index (χ0) is 17.2. The summed E-state index contributed by atoms with van der Waals surface area (Å²) in [6, 6.07) is 13.6. The van der Waals surface area contributed by atoms with Crippen LogP contribution in [0, 0.1) is 6.92 Å². The second kappa shape index (κ2) is 6.69. The van der Waals surface area contributed by atoms with Gasteiger partial charge in [0.05, 0.1) is 0 Å². The highest BCUT2D eigenvalue weighted by Crippen LogP contribution is 2.21. The number of nitrogens with zero attached hydrogens (tertiary/aromatic N) is 3. The van der Waals surface area contributed by atoms with Crippen molar-refractivity contribution in [1.29, 1.82) is 0 Å². The van der Waals surface area contributed by atoms with Gasteiger partial charge in [0.15, 0.2) is 0 Å². The molecule has 128 valence electrons. The molecule has 0 saturated carbocycles.